The van der Waals surface area contributed by atoms with Gasteiger partial charge in [-0.15, -0.1) is 16.9 Å². The van der Waals surface area contributed by atoms with Crippen LogP contribution in [0.1, 0.15) is 5.56 Å². The van der Waals surface area contributed by atoms with E-state index in [9.17, 15) is 4.79 Å². The summed E-state index contributed by atoms with van der Waals surface area (Å²) in [5.41, 5.74) is 2.45. The van der Waals surface area contributed by atoms with Gasteiger partial charge in [-0.2, -0.15) is 0 Å². The highest BCUT2D eigenvalue weighted by Crippen LogP contribution is 2.39. The molecule has 2 aromatic carbocycles. The number of benzene rings is 2. The van der Waals surface area contributed by atoms with Crippen LogP contribution < -0.4 is 14.8 Å². The summed E-state index contributed by atoms with van der Waals surface area (Å²) in [5.74, 6) is 1.26. The number of carbonyl (C=O) groups is 1. The van der Waals surface area contributed by atoms with Gasteiger partial charge in [0.15, 0.2) is 11.5 Å². The third kappa shape index (κ3) is 3.87. The van der Waals surface area contributed by atoms with E-state index in [1.807, 2.05) is 42.7 Å². The summed E-state index contributed by atoms with van der Waals surface area (Å²) < 4.78 is 12.8. The van der Waals surface area contributed by atoms with Crippen LogP contribution in [0.3, 0.4) is 0 Å². The van der Waals surface area contributed by atoms with Gasteiger partial charge < -0.3 is 14.8 Å². The molecule has 1 N–H and O–H groups in total. The number of amides is 1. The number of ether oxygens (including phenoxy) is 2. The van der Waals surface area contributed by atoms with Crippen molar-refractivity contribution in [2.75, 3.05) is 24.8 Å². The van der Waals surface area contributed by atoms with Gasteiger partial charge in [0, 0.05) is 11.0 Å². The number of aromatic nitrogens is 4. The Labute approximate surface area is 159 Å². The number of rotatable bonds is 5. The lowest BCUT2D eigenvalue weighted by Crippen LogP contribution is -2.18. The van der Waals surface area contributed by atoms with Crippen molar-refractivity contribution < 1.29 is 14.3 Å². The monoisotopic (exact) mass is 383 g/mol. The highest BCUT2D eigenvalue weighted by Gasteiger charge is 2.17. The number of carbonyl (C=O) groups excluding carboxylic acids is 1. The molecular formula is C18H17N5O3S. The maximum atomic E-state index is 12.5. The summed E-state index contributed by atoms with van der Waals surface area (Å²) in [6.45, 7) is 1.04. The van der Waals surface area contributed by atoms with Gasteiger partial charge in [0.05, 0.1) is 17.8 Å². The molecule has 0 radical (unpaired) electrons. The van der Waals surface area contributed by atoms with E-state index in [4.69, 9.17) is 9.47 Å². The molecule has 1 aliphatic heterocycles. The van der Waals surface area contributed by atoms with Gasteiger partial charge in [-0.05, 0) is 40.4 Å². The van der Waals surface area contributed by atoms with E-state index in [2.05, 4.69) is 20.8 Å². The van der Waals surface area contributed by atoms with E-state index in [0.717, 1.165) is 21.8 Å². The van der Waals surface area contributed by atoms with Crippen LogP contribution >= 0.6 is 11.8 Å². The zero-order chi connectivity index (χ0) is 18.6. The van der Waals surface area contributed by atoms with E-state index in [-0.39, 0.29) is 12.3 Å². The van der Waals surface area contributed by atoms with Crippen LogP contribution in [0, 0.1) is 0 Å². The molecule has 0 unspecified atom stereocenters. The first-order valence-electron chi connectivity index (χ1n) is 8.33. The highest BCUT2D eigenvalue weighted by atomic mass is 32.2. The van der Waals surface area contributed by atoms with Crippen LogP contribution in [0.4, 0.5) is 5.69 Å². The molecule has 0 atom stereocenters. The molecule has 0 bridgehead atoms. The lowest BCUT2D eigenvalue weighted by Gasteiger charge is -2.21. The molecule has 0 fully saturated rings. The summed E-state index contributed by atoms with van der Waals surface area (Å²) >= 11 is 1.55. The fourth-order valence-electron chi connectivity index (χ4n) is 2.76. The van der Waals surface area contributed by atoms with Crippen molar-refractivity contribution in [3.05, 3.63) is 48.3 Å². The van der Waals surface area contributed by atoms with Gasteiger partial charge in [0.25, 0.3) is 0 Å². The van der Waals surface area contributed by atoms with Crippen LogP contribution in [-0.4, -0.2) is 45.6 Å². The zero-order valence-electron chi connectivity index (χ0n) is 14.6. The number of thioether (sulfide) groups is 1. The number of hydrogen-bond acceptors (Lipinski definition) is 7. The summed E-state index contributed by atoms with van der Waals surface area (Å²) in [6, 6.07) is 11.2. The number of tetrazole rings is 1. The maximum Gasteiger partial charge on any atom is 0.228 e. The molecule has 0 aliphatic carbocycles. The minimum Gasteiger partial charge on any atom is -0.486 e. The number of nitrogens with one attached hydrogen (secondary N) is 1. The largest absolute Gasteiger partial charge is 0.486 e. The van der Waals surface area contributed by atoms with Crippen LogP contribution in [0.25, 0.3) is 5.69 Å². The number of fused-ring (bicyclic) bond motifs is 1. The van der Waals surface area contributed by atoms with E-state index in [0.29, 0.717) is 24.7 Å². The van der Waals surface area contributed by atoms with Gasteiger partial charge in [-0.3, -0.25) is 4.79 Å². The van der Waals surface area contributed by atoms with Crippen LogP contribution in [-0.2, 0) is 11.2 Å². The van der Waals surface area contributed by atoms with Crippen molar-refractivity contribution in [2.45, 2.75) is 11.3 Å². The summed E-state index contributed by atoms with van der Waals surface area (Å²) in [5, 5.41) is 14.0. The van der Waals surface area contributed by atoms with E-state index in [1.54, 1.807) is 16.4 Å². The Hall–Kier alpha value is -3.07. The van der Waals surface area contributed by atoms with Gasteiger partial charge in [0.1, 0.15) is 19.5 Å². The first kappa shape index (κ1) is 17.3. The molecular weight excluding hydrogens is 366 g/mol. The molecule has 0 spiro atoms. The second-order valence-corrected chi connectivity index (χ2v) is 6.69. The topological polar surface area (TPSA) is 91.2 Å². The summed E-state index contributed by atoms with van der Waals surface area (Å²) in [7, 11) is 0. The molecule has 9 heteroatoms. The minimum atomic E-state index is -0.0999. The van der Waals surface area contributed by atoms with Gasteiger partial charge in [0.2, 0.25) is 5.91 Å². The molecule has 27 heavy (non-hydrogen) atoms. The van der Waals surface area contributed by atoms with Crippen molar-refractivity contribution in [2.24, 2.45) is 0 Å². The predicted octanol–water partition coefficient (Wildman–Crippen LogP) is 2.34. The van der Waals surface area contributed by atoms with Gasteiger partial charge >= 0.3 is 0 Å². The molecule has 1 amide bonds. The molecule has 0 saturated heterocycles. The molecule has 4 rings (SSSR count). The number of anilines is 1. The molecule has 3 aromatic rings. The SMILES string of the molecule is CSc1cc2c(cc1NC(=O)Cc1ccc(-n3cnnn3)cc1)OCCO2. The average molecular weight is 383 g/mol. The Bertz CT molecular complexity index is 944. The smallest absolute Gasteiger partial charge is 0.228 e. The third-order valence-electron chi connectivity index (χ3n) is 4.05. The third-order valence-corrected chi connectivity index (χ3v) is 4.83. The number of nitrogens with zero attached hydrogens (tertiary/aromatic N) is 4. The Morgan fingerprint density at radius 2 is 1.93 bits per heavy atom. The van der Waals surface area contributed by atoms with E-state index < -0.39 is 0 Å². The summed E-state index contributed by atoms with van der Waals surface area (Å²) in [4.78, 5) is 13.4. The Morgan fingerprint density at radius 3 is 2.59 bits per heavy atom. The normalized spacial score (nSPS) is 12.6. The van der Waals surface area contributed by atoms with Crippen molar-refractivity contribution in [1.29, 1.82) is 0 Å². The zero-order valence-corrected chi connectivity index (χ0v) is 15.4. The predicted molar refractivity (Wildman–Crippen MR) is 101 cm³/mol. The number of hydrogen-bond donors (Lipinski definition) is 1. The van der Waals surface area contributed by atoms with Gasteiger partial charge in [-0.25, -0.2) is 4.68 Å². The second kappa shape index (κ2) is 7.67. The molecule has 1 aliphatic rings. The molecule has 138 valence electrons. The van der Waals surface area contributed by atoms with Crippen LogP contribution in [0.2, 0.25) is 0 Å². The Morgan fingerprint density at radius 1 is 1.19 bits per heavy atom. The van der Waals surface area contributed by atoms with Crippen LogP contribution in [0.5, 0.6) is 11.5 Å². The fraction of sp³-hybridized carbons (Fsp3) is 0.222. The lowest BCUT2D eigenvalue weighted by molar-refractivity contribution is -0.115. The second-order valence-electron chi connectivity index (χ2n) is 5.84. The Kier molecular flexibility index (Phi) is 4.93. The van der Waals surface area contributed by atoms with Crippen molar-refractivity contribution in [1.82, 2.24) is 20.2 Å². The molecule has 0 saturated carbocycles. The molecule has 1 aromatic heterocycles. The first-order chi connectivity index (χ1) is 13.2. The highest BCUT2D eigenvalue weighted by molar-refractivity contribution is 7.98. The fourth-order valence-corrected chi connectivity index (χ4v) is 3.32. The molecule has 8 nitrogen and oxygen atoms in total. The minimum absolute atomic E-state index is 0.0999. The molecule has 2 heterocycles. The van der Waals surface area contributed by atoms with Gasteiger partial charge in [-0.1, -0.05) is 12.1 Å². The Balaban J connectivity index is 1.46. The van der Waals surface area contributed by atoms with Crippen molar-refractivity contribution in [3.8, 4) is 17.2 Å². The lowest BCUT2D eigenvalue weighted by atomic mass is 10.1. The average Bonchev–Trinajstić information content (AvgIpc) is 3.23. The van der Waals surface area contributed by atoms with Crippen molar-refractivity contribution in [3.63, 3.8) is 0 Å². The van der Waals surface area contributed by atoms with E-state index >= 15 is 0 Å². The summed E-state index contributed by atoms with van der Waals surface area (Å²) in [6.07, 6.45) is 3.74. The quantitative estimate of drug-likeness (QED) is 0.676. The standard InChI is InChI=1S/C18H17N5O3S/c1-27-17-10-16-15(25-6-7-26-16)9-14(17)20-18(24)8-12-2-4-13(5-3-12)23-11-19-21-22-23/h2-5,9-11H,6-8H2,1H3,(H,20,24). The van der Waals surface area contributed by atoms with Crippen molar-refractivity contribution >= 4 is 23.4 Å². The first-order valence-corrected chi connectivity index (χ1v) is 9.55. The van der Waals surface area contributed by atoms with E-state index in [1.165, 1.54) is 6.33 Å². The maximum absolute atomic E-state index is 12.5. The van der Waals surface area contributed by atoms with Crippen LogP contribution in [0.15, 0.2) is 47.6 Å².